The zero-order chi connectivity index (χ0) is 22.3. The van der Waals surface area contributed by atoms with E-state index < -0.39 is 5.60 Å². The van der Waals surface area contributed by atoms with Crippen molar-refractivity contribution in [1.82, 2.24) is 0 Å². The van der Waals surface area contributed by atoms with Crippen molar-refractivity contribution in [2.75, 3.05) is 13.7 Å². The lowest BCUT2D eigenvalue weighted by Gasteiger charge is -2.31. The Morgan fingerprint density at radius 2 is 2.00 bits per heavy atom. The molecular weight excluding hydrogens is 392 g/mol. The molecule has 2 aromatic carbocycles. The zero-order valence-corrected chi connectivity index (χ0v) is 18.8. The van der Waals surface area contributed by atoms with Gasteiger partial charge in [0, 0.05) is 28.7 Å². The van der Waals surface area contributed by atoms with Gasteiger partial charge in [0.15, 0.2) is 0 Å². The molecule has 31 heavy (non-hydrogen) atoms. The average molecular weight is 423 g/mol. The van der Waals surface area contributed by atoms with Gasteiger partial charge in [0.2, 0.25) is 0 Å². The second-order valence-corrected chi connectivity index (χ2v) is 9.04. The maximum absolute atomic E-state index is 11.0. The Hall–Kier alpha value is -3.08. The van der Waals surface area contributed by atoms with Gasteiger partial charge in [-0.1, -0.05) is 17.7 Å². The van der Waals surface area contributed by atoms with Crippen molar-refractivity contribution in [1.29, 1.82) is 0 Å². The molecule has 2 aliphatic heterocycles. The molecule has 0 saturated heterocycles. The largest absolute Gasteiger partial charge is 0.507 e. The molecule has 0 amide bonds. The van der Waals surface area contributed by atoms with Gasteiger partial charge < -0.3 is 24.4 Å². The predicted octanol–water partition coefficient (Wildman–Crippen LogP) is 5.52. The molecule has 2 N–H and O–H groups in total. The summed E-state index contributed by atoms with van der Waals surface area (Å²) in [6.07, 6.45) is 7.16. The minimum Gasteiger partial charge on any atom is -0.507 e. The van der Waals surface area contributed by atoms with Crippen molar-refractivity contribution in [3.8, 4) is 28.7 Å². The normalized spacial score (nSPS) is 18.3. The predicted molar refractivity (Wildman–Crippen MR) is 122 cm³/mol. The molecule has 4 rings (SSSR count). The summed E-state index contributed by atoms with van der Waals surface area (Å²) in [5.74, 6) is 2.32. The standard InChI is InChI=1S/C26H30O5/c1-15(2)6-7-18-21(27)13-23-20(25(18)29-5)12-16(14-30-23)17-8-9-22-19(24(17)28)10-11-26(3,4)31-22/h6,8-11,13,16,27-28H,7,12,14H2,1-5H3/t16-/m0/s1. The number of benzene rings is 2. The minimum atomic E-state index is -0.398. The van der Waals surface area contributed by atoms with Crippen LogP contribution in [0, 0.1) is 0 Å². The second-order valence-electron chi connectivity index (χ2n) is 9.04. The molecule has 0 spiro atoms. The van der Waals surface area contributed by atoms with E-state index in [1.54, 1.807) is 13.2 Å². The first kappa shape index (κ1) is 21.2. The molecular formula is C26H30O5. The van der Waals surface area contributed by atoms with Crippen LogP contribution in [0.25, 0.3) is 6.08 Å². The molecule has 5 nitrogen and oxygen atoms in total. The van der Waals surface area contributed by atoms with Crippen LogP contribution in [-0.4, -0.2) is 29.5 Å². The molecule has 1 atom stereocenters. The third-order valence-electron chi connectivity index (χ3n) is 5.90. The van der Waals surface area contributed by atoms with Crippen LogP contribution in [0.2, 0.25) is 0 Å². The van der Waals surface area contributed by atoms with E-state index in [0.717, 1.165) is 16.7 Å². The number of hydrogen-bond acceptors (Lipinski definition) is 5. The van der Waals surface area contributed by atoms with Crippen LogP contribution < -0.4 is 14.2 Å². The number of allylic oxidation sites excluding steroid dienone is 2. The molecule has 5 heteroatoms. The average Bonchev–Trinajstić information content (AvgIpc) is 2.71. The number of aromatic hydroxyl groups is 2. The lowest BCUT2D eigenvalue weighted by atomic mass is 9.86. The van der Waals surface area contributed by atoms with Crippen molar-refractivity contribution >= 4 is 6.08 Å². The fraction of sp³-hybridized carbons (Fsp3) is 0.385. The number of phenols is 2. The molecule has 2 aliphatic rings. The molecule has 0 saturated carbocycles. The van der Waals surface area contributed by atoms with Crippen molar-refractivity contribution in [3.63, 3.8) is 0 Å². The molecule has 0 radical (unpaired) electrons. The highest BCUT2D eigenvalue weighted by atomic mass is 16.5. The van der Waals surface area contributed by atoms with Crippen LogP contribution >= 0.6 is 0 Å². The Labute approximate surface area is 183 Å². The summed E-state index contributed by atoms with van der Waals surface area (Å²) < 4.78 is 17.7. The third-order valence-corrected chi connectivity index (χ3v) is 5.90. The number of rotatable bonds is 4. The van der Waals surface area contributed by atoms with Gasteiger partial charge in [-0.3, -0.25) is 0 Å². The van der Waals surface area contributed by atoms with E-state index in [2.05, 4.69) is 6.08 Å². The summed E-state index contributed by atoms with van der Waals surface area (Å²) in [6.45, 7) is 8.43. The fourth-order valence-corrected chi connectivity index (χ4v) is 4.26. The number of hydrogen-bond donors (Lipinski definition) is 2. The first-order valence-electron chi connectivity index (χ1n) is 10.6. The van der Waals surface area contributed by atoms with E-state index in [0.29, 0.717) is 42.3 Å². The van der Waals surface area contributed by atoms with Gasteiger partial charge in [-0.15, -0.1) is 0 Å². The van der Waals surface area contributed by atoms with Crippen molar-refractivity contribution in [2.45, 2.75) is 52.1 Å². The lowest BCUT2D eigenvalue weighted by molar-refractivity contribution is 0.158. The van der Waals surface area contributed by atoms with Crippen LogP contribution in [0.1, 0.15) is 55.9 Å². The maximum Gasteiger partial charge on any atom is 0.132 e. The third kappa shape index (κ3) is 3.97. The maximum atomic E-state index is 11.0. The smallest absolute Gasteiger partial charge is 0.132 e. The minimum absolute atomic E-state index is 0.0455. The topological polar surface area (TPSA) is 68.2 Å². The first-order valence-corrected chi connectivity index (χ1v) is 10.6. The first-order chi connectivity index (χ1) is 14.7. The summed E-state index contributed by atoms with van der Waals surface area (Å²) in [4.78, 5) is 0. The summed E-state index contributed by atoms with van der Waals surface area (Å²) in [5.41, 5.74) is 3.96. The Kier molecular flexibility index (Phi) is 5.38. The highest BCUT2D eigenvalue weighted by Crippen LogP contribution is 2.47. The summed E-state index contributed by atoms with van der Waals surface area (Å²) in [6, 6.07) is 5.51. The number of phenolic OH excluding ortho intramolecular Hbond substituents is 2. The van der Waals surface area contributed by atoms with E-state index in [4.69, 9.17) is 14.2 Å². The van der Waals surface area contributed by atoms with Gasteiger partial charge in [-0.2, -0.15) is 0 Å². The van der Waals surface area contributed by atoms with Crippen molar-refractivity contribution < 1.29 is 24.4 Å². The second kappa shape index (κ2) is 7.88. The molecule has 2 aromatic rings. The highest BCUT2D eigenvalue weighted by molar-refractivity contribution is 5.69. The molecule has 0 fully saturated rings. The monoisotopic (exact) mass is 422 g/mol. The lowest BCUT2D eigenvalue weighted by Crippen LogP contribution is -2.27. The molecule has 2 heterocycles. The van der Waals surface area contributed by atoms with Crippen molar-refractivity contribution in [2.24, 2.45) is 0 Å². The Bertz CT molecular complexity index is 1070. The SMILES string of the molecule is COc1c(CC=C(C)C)c(O)cc2c1C[C@H](c1ccc3c(c1O)C=CC(C)(C)O3)CO2. The Morgan fingerprint density at radius 3 is 2.71 bits per heavy atom. The van der Waals surface area contributed by atoms with E-state index in [1.807, 2.05) is 52.0 Å². The van der Waals surface area contributed by atoms with Crippen LogP contribution in [0.4, 0.5) is 0 Å². The summed E-state index contributed by atoms with van der Waals surface area (Å²) in [5, 5.41) is 21.6. The van der Waals surface area contributed by atoms with E-state index >= 15 is 0 Å². The van der Waals surface area contributed by atoms with Gasteiger partial charge in [-0.25, -0.2) is 0 Å². The van der Waals surface area contributed by atoms with Crippen LogP contribution in [-0.2, 0) is 12.8 Å². The fourth-order valence-electron chi connectivity index (χ4n) is 4.26. The Morgan fingerprint density at radius 1 is 1.23 bits per heavy atom. The van der Waals surface area contributed by atoms with E-state index in [-0.39, 0.29) is 17.4 Å². The zero-order valence-electron chi connectivity index (χ0n) is 18.8. The van der Waals surface area contributed by atoms with E-state index in [9.17, 15) is 10.2 Å². The number of ether oxygens (including phenoxy) is 3. The van der Waals surface area contributed by atoms with Gasteiger partial charge in [0.1, 0.15) is 34.3 Å². The van der Waals surface area contributed by atoms with Gasteiger partial charge in [0.05, 0.1) is 19.3 Å². The van der Waals surface area contributed by atoms with Crippen LogP contribution in [0.3, 0.4) is 0 Å². The van der Waals surface area contributed by atoms with Crippen molar-refractivity contribution in [3.05, 3.63) is 58.2 Å². The summed E-state index contributed by atoms with van der Waals surface area (Å²) >= 11 is 0. The molecule has 0 aromatic heterocycles. The quantitative estimate of drug-likeness (QED) is 0.635. The van der Waals surface area contributed by atoms with Gasteiger partial charge >= 0.3 is 0 Å². The molecule has 0 bridgehead atoms. The van der Waals surface area contributed by atoms with E-state index in [1.165, 1.54) is 5.57 Å². The molecule has 0 aliphatic carbocycles. The Balaban J connectivity index is 1.71. The van der Waals surface area contributed by atoms with Gasteiger partial charge in [-0.05, 0) is 58.8 Å². The highest BCUT2D eigenvalue weighted by Gasteiger charge is 2.31. The summed E-state index contributed by atoms with van der Waals surface area (Å²) in [7, 11) is 1.62. The molecule has 0 unspecified atom stereocenters. The molecule has 164 valence electrons. The van der Waals surface area contributed by atoms with Crippen LogP contribution in [0.15, 0.2) is 35.9 Å². The number of fused-ring (bicyclic) bond motifs is 2. The number of methoxy groups -OCH3 is 1. The van der Waals surface area contributed by atoms with Crippen LogP contribution in [0.5, 0.6) is 28.7 Å². The van der Waals surface area contributed by atoms with Gasteiger partial charge in [0.25, 0.3) is 0 Å².